The first kappa shape index (κ1) is 10.5. The van der Waals surface area contributed by atoms with Crippen LogP contribution in [0.2, 0.25) is 0 Å². The molecule has 1 aliphatic rings. The number of carbonyl (C=O) groups excluding carboxylic acids is 1. The van der Waals surface area contributed by atoms with E-state index in [-0.39, 0.29) is 5.91 Å². The van der Waals surface area contributed by atoms with E-state index in [1.165, 1.54) is 0 Å². The first-order valence-corrected chi connectivity index (χ1v) is 4.93. The maximum atomic E-state index is 11.3. The highest BCUT2D eigenvalue weighted by atomic mass is 16.2. The molecule has 4 heteroatoms. The Morgan fingerprint density at radius 1 is 1.46 bits per heavy atom. The van der Waals surface area contributed by atoms with Crippen LogP contribution in [0.1, 0.15) is 20.3 Å². The lowest BCUT2D eigenvalue weighted by molar-refractivity contribution is -0.126. The molecule has 0 radical (unpaired) electrons. The number of carbonyl (C=O) groups is 1. The van der Waals surface area contributed by atoms with Gasteiger partial charge >= 0.3 is 0 Å². The Balaban J connectivity index is 2.18. The van der Waals surface area contributed by atoms with Crippen LogP contribution in [0, 0.1) is 5.92 Å². The van der Waals surface area contributed by atoms with Crippen LogP contribution < -0.4 is 10.7 Å². The minimum Gasteiger partial charge on any atom is -0.314 e. The second kappa shape index (κ2) is 5.19. The lowest BCUT2D eigenvalue weighted by atomic mass is 10.1. The lowest BCUT2D eigenvalue weighted by Crippen LogP contribution is -2.52. The fourth-order valence-electron chi connectivity index (χ4n) is 1.37. The molecule has 2 N–H and O–H groups in total. The third kappa shape index (κ3) is 4.24. The molecule has 1 amide bonds. The SMILES string of the molecule is CC(C)CC(=O)NN1CCNCC1. The van der Waals surface area contributed by atoms with Crippen molar-refractivity contribution in [2.24, 2.45) is 5.92 Å². The zero-order chi connectivity index (χ0) is 9.68. The molecule has 0 aliphatic carbocycles. The standard InChI is InChI=1S/C9H19N3O/c1-8(2)7-9(13)11-12-5-3-10-4-6-12/h8,10H,3-7H2,1-2H3,(H,11,13). The largest absolute Gasteiger partial charge is 0.314 e. The fraction of sp³-hybridized carbons (Fsp3) is 0.889. The number of hydrazine groups is 1. The highest BCUT2D eigenvalue weighted by Gasteiger charge is 2.12. The van der Waals surface area contributed by atoms with Gasteiger partial charge in [0.05, 0.1) is 0 Å². The summed E-state index contributed by atoms with van der Waals surface area (Å²) in [6, 6.07) is 0. The first-order chi connectivity index (χ1) is 6.18. The molecule has 1 saturated heterocycles. The Bertz CT molecular complexity index is 164. The van der Waals surface area contributed by atoms with E-state index in [2.05, 4.69) is 24.6 Å². The molecule has 0 spiro atoms. The Kier molecular flexibility index (Phi) is 4.18. The highest BCUT2D eigenvalue weighted by molar-refractivity contribution is 5.75. The summed E-state index contributed by atoms with van der Waals surface area (Å²) in [5.41, 5.74) is 2.90. The molecule has 4 nitrogen and oxygen atoms in total. The summed E-state index contributed by atoms with van der Waals surface area (Å²) >= 11 is 0. The quantitative estimate of drug-likeness (QED) is 0.649. The maximum Gasteiger partial charge on any atom is 0.234 e. The first-order valence-electron chi connectivity index (χ1n) is 4.93. The van der Waals surface area contributed by atoms with Crippen LogP contribution in [-0.4, -0.2) is 37.1 Å². The van der Waals surface area contributed by atoms with Gasteiger partial charge in [0.25, 0.3) is 0 Å². The van der Waals surface area contributed by atoms with Gasteiger partial charge in [-0.05, 0) is 5.92 Å². The summed E-state index contributed by atoms with van der Waals surface area (Å²) in [6.45, 7) is 7.84. The zero-order valence-electron chi connectivity index (χ0n) is 8.47. The third-order valence-electron chi connectivity index (χ3n) is 1.99. The number of nitrogens with one attached hydrogen (secondary N) is 2. The van der Waals surface area contributed by atoms with Gasteiger partial charge in [-0.2, -0.15) is 0 Å². The Hall–Kier alpha value is -0.610. The molecule has 76 valence electrons. The van der Waals surface area contributed by atoms with Crippen LogP contribution in [-0.2, 0) is 4.79 Å². The van der Waals surface area contributed by atoms with E-state index < -0.39 is 0 Å². The lowest BCUT2D eigenvalue weighted by Gasteiger charge is -2.27. The van der Waals surface area contributed by atoms with Gasteiger partial charge in [0.1, 0.15) is 0 Å². The number of nitrogens with zero attached hydrogens (tertiary/aromatic N) is 1. The number of hydrogen-bond acceptors (Lipinski definition) is 3. The Labute approximate surface area is 79.6 Å². The van der Waals surface area contributed by atoms with Gasteiger partial charge in [-0.25, -0.2) is 5.01 Å². The molecule has 13 heavy (non-hydrogen) atoms. The average molecular weight is 185 g/mol. The number of hydrogen-bond donors (Lipinski definition) is 2. The average Bonchev–Trinajstić information content (AvgIpc) is 2.04. The summed E-state index contributed by atoms with van der Waals surface area (Å²) in [5.74, 6) is 0.569. The summed E-state index contributed by atoms with van der Waals surface area (Å²) in [4.78, 5) is 11.3. The van der Waals surface area contributed by atoms with E-state index in [0.29, 0.717) is 12.3 Å². The molecule has 0 atom stereocenters. The summed E-state index contributed by atoms with van der Waals surface area (Å²) in [7, 11) is 0. The van der Waals surface area contributed by atoms with Crippen molar-refractivity contribution in [2.75, 3.05) is 26.2 Å². The van der Waals surface area contributed by atoms with Gasteiger partial charge in [0.15, 0.2) is 0 Å². The van der Waals surface area contributed by atoms with Crippen LogP contribution in [0.5, 0.6) is 0 Å². The molecule has 1 aliphatic heterocycles. The molecule has 0 aromatic rings. The van der Waals surface area contributed by atoms with Gasteiger partial charge in [0.2, 0.25) is 5.91 Å². The second-order valence-corrected chi connectivity index (χ2v) is 3.87. The molecule has 0 bridgehead atoms. The van der Waals surface area contributed by atoms with Crippen LogP contribution in [0.15, 0.2) is 0 Å². The summed E-state index contributed by atoms with van der Waals surface area (Å²) in [5, 5.41) is 5.22. The van der Waals surface area contributed by atoms with E-state index >= 15 is 0 Å². The third-order valence-corrected chi connectivity index (χ3v) is 1.99. The molecule has 0 aromatic heterocycles. The van der Waals surface area contributed by atoms with Crippen molar-refractivity contribution in [1.29, 1.82) is 0 Å². The monoisotopic (exact) mass is 185 g/mol. The van der Waals surface area contributed by atoms with E-state index in [0.717, 1.165) is 26.2 Å². The molecule has 1 fully saturated rings. The zero-order valence-corrected chi connectivity index (χ0v) is 8.47. The van der Waals surface area contributed by atoms with Gasteiger partial charge in [-0.1, -0.05) is 13.8 Å². The predicted molar refractivity (Wildman–Crippen MR) is 52.0 cm³/mol. The molecule has 1 rings (SSSR count). The van der Waals surface area contributed by atoms with Crippen molar-refractivity contribution in [1.82, 2.24) is 15.8 Å². The maximum absolute atomic E-state index is 11.3. The van der Waals surface area contributed by atoms with Crippen molar-refractivity contribution < 1.29 is 4.79 Å². The van der Waals surface area contributed by atoms with Crippen LogP contribution in [0.4, 0.5) is 0 Å². The number of rotatable bonds is 3. The van der Waals surface area contributed by atoms with Crippen molar-refractivity contribution >= 4 is 5.91 Å². The molecule has 0 aromatic carbocycles. The molecule has 1 heterocycles. The normalized spacial score (nSPS) is 19.0. The van der Waals surface area contributed by atoms with Gasteiger partial charge < -0.3 is 5.32 Å². The second-order valence-electron chi connectivity index (χ2n) is 3.87. The minimum absolute atomic E-state index is 0.136. The summed E-state index contributed by atoms with van der Waals surface area (Å²) in [6.07, 6.45) is 0.615. The van der Waals surface area contributed by atoms with Crippen molar-refractivity contribution in [2.45, 2.75) is 20.3 Å². The van der Waals surface area contributed by atoms with E-state index in [1.54, 1.807) is 0 Å². The van der Waals surface area contributed by atoms with E-state index in [9.17, 15) is 4.79 Å². The van der Waals surface area contributed by atoms with Crippen molar-refractivity contribution in [3.63, 3.8) is 0 Å². The minimum atomic E-state index is 0.136. The van der Waals surface area contributed by atoms with Gasteiger partial charge in [-0.3, -0.25) is 10.2 Å². The van der Waals surface area contributed by atoms with Gasteiger partial charge in [0, 0.05) is 32.6 Å². The topological polar surface area (TPSA) is 44.4 Å². The highest BCUT2D eigenvalue weighted by Crippen LogP contribution is 1.99. The molecular formula is C9H19N3O. The fourth-order valence-corrected chi connectivity index (χ4v) is 1.37. The van der Waals surface area contributed by atoms with Crippen LogP contribution >= 0.6 is 0 Å². The van der Waals surface area contributed by atoms with Crippen LogP contribution in [0.25, 0.3) is 0 Å². The Morgan fingerprint density at radius 3 is 2.62 bits per heavy atom. The van der Waals surface area contributed by atoms with Crippen LogP contribution in [0.3, 0.4) is 0 Å². The van der Waals surface area contributed by atoms with E-state index in [4.69, 9.17) is 0 Å². The molecule has 0 saturated carbocycles. The smallest absolute Gasteiger partial charge is 0.234 e. The number of amides is 1. The predicted octanol–water partition coefficient (Wildman–Crippen LogP) is -0.0311. The molecule has 0 unspecified atom stereocenters. The van der Waals surface area contributed by atoms with Crippen molar-refractivity contribution in [3.05, 3.63) is 0 Å². The molecular weight excluding hydrogens is 166 g/mol. The summed E-state index contributed by atoms with van der Waals surface area (Å²) < 4.78 is 0. The number of piperazine rings is 1. The van der Waals surface area contributed by atoms with E-state index in [1.807, 2.05) is 5.01 Å². The van der Waals surface area contributed by atoms with Crippen molar-refractivity contribution in [3.8, 4) is 0 Å². The van der Waals surface area contributed by atoms with Gasteiger partial charge in [-0.15, -0.1) is 0 Å². The Morgan fingerprint density at radius 2 is 2.08 bits per heavy atom.